The minimum Gasteiger partial charge on any atom is -0.340 e. The first-order valence-corrected chi connectivity index (χ1v) is 19.4. The van der Waals surface area contributed by atoms with Gasteiger partial charge in [-0.2, -0.15) is 13.8 Å². The molecule has 0 radical (unpaired) electrons. The summed E-state index contributed by atoms with van der Waals surface area (Å²) >= 11 is 0. The van der Waals surface area contributed by atoms with E-state index in [1.54, 1.807) is 0 Å². The predicted octanol–water partition coefficient (Wildman–Crippen LogP) is 13.3. The van der Waals surface area contributed by atoms with Gasteiger partial charge >= 0.3 is 45.5 Å². The fourth-order valence-electron chi connectivity index (χ4n) is 6.79. The molecule has 0 aliphatic carbocycles. The van der Waals surface area contributed by atoms with Crippen molar-refractivity contribution in [3.63, 3.8) is 0 Å². The second-order valence-electron chi connectivity index (χ2n) is 14.5. The molecule has 0 unspecified atom stereocenters. The van der Waals surface area contributed by atoms with Crippen molar-refractivity contribution in [1.29, 1.82) is 0 Å². The summed E-state index contributed by atoms with van der Waals surface area (Å²) in [6, 6.07) is 43.7. The number of imidazole rings is 2. The Bertz CT molecular complexity index is 2150. The molecule has 2 aromatic heterocycles. The number of para-hydroxylation sites is 1. The van der Waals surface area contributed by atoms with Gasteiger partial charge in [-0.15, -0.1) is 35.9 Å². The van der Waals surface area contributed by atoms with Crippen LogP contribution in [-0.2, 0) is 6.42 Å². The second kappa shape index (κ2) is 21.3. The Morgan fingerprint density at radius 1 is 0.564 bits per heavy atom. The van der Waals surface area contributed by atoms with Crippen molar-refractivity contribution < 1.29 is 0 Å². The predicted molar refractivity (Wildman–Crippen MR) is 235 cm³/mol. The molecule has 7 rings (SSSR count). The van der Waals surface area contributed by atoms with Crippen molar-refractivity contribution in [1.82, 2.24) is 19.1 Å². The van der Waals surface area contributed by atoms with Gasteiger partial charge in [0.05, 0.1) is 11.5 Å². The van der Waals surface area contributed by atoms with Crippen LogP contribution in [0.1, 0.15) is 102 Å². The van der Waals surface area contributed by atoms with E-state index in [0.717, 1.165) is 29.2 Å². The van der Waals surface area contributed by atoms with Crippen LogP contribution in [0.25, 0.3) is 45.3 Å². The molecular formula is C50H56N4Sr. The van der Waals surface area contributed by atoms with E-state index >= 15 is 0 Å². The molecule has 278 valence electrons. The van der Waals surface area contributed by atoms with Crippen molar-refractivity contribution in [2.24, 2.45) is 0 Å². The molecule has 5 aromatic carbocycles. The van der Waals surface area contributed by atoms with Crippen LogP contribution >= 0.6 is 0 Å². The molecule has 5 heteroatoms. The fraction of sp³-hybridized carbons (Fsp3) is 0.260. The van der Waals surface area contributed by atoms with Gasteiger partial charge in [-0.25, -0.2) is 4.98 Å². The smallest absolute Gasteiger partial charge is 0.340 e. The first-order chi connectivity index (χ1) is 26.2. The summed E-state index contributed by atoms with van der Waals surface area (Å²) in [7, 11) is 0. The van der Waals surface area contributed by atoms with Gasteiger partial charge in [-0.3, -0.25) is 9.55 Å². The zero-order chi connectivity index (χ0) is 38.6. The van der Waals surface area contributed by atoms with Crippen LogP contribution in [0, 0.1) is 12.5 Å². The summed E-state index contributed by atoms with van der Waals surface area (Å²) in [5.41, 5.74) is 12.6. The zero-order valence-corrected chi connectivity index (χ0v) is 37.8. The Morgan fingerprint density at radius 2 is 1.07 bits per heavy atom. The molecule has 0 fully saturated rings. The summed E-state index contributed by atoms with van der Waals surface area (Å²) in [6.45, 7) is 19.8. The van der Waals surface area contributed by atoms with E-state index in [4.69, 9.17) is 4.98 Å². The van der Waals surface area contributed by atoms with E-state index in [1.165, 1.54) is 44.8 Å². The maximum atomic E-state index is 4.71. The largest absolute Gasteiger partial charge is 2.00 e. The van der Waals surface area contributed by atoms with Crippen LogP contribution in [0.5, 0.6) is 0 Å². The molecule has 0 N–H and O–H groups in total. The van der Waals surface area contributed by atoms with Crippen LogP contribution in [0.4, 0.5) is 0 Å². The number of nitrogens with zero attached hydrogens (tertiary/aromatic N) is 4. The summed E-state index contributed by atoms with van der Waals surface area (Å²) in [5, 5.41) is 0. The molecule has 0 saturated heterocycles. The van der Waals surface area contributed by atoms with Gasteiger partial charge in [0, 0.05) is 36.0 Å². The first-order valence-electron chi connectivity index (χ1n) is 19.4. The van der Waals surface area contributed by atoms with Crippen molar-refractivity contribution in [3.8, 4) is 45.3 Å². The number of benzene rings is 5. The molecule has 0 aliphatic heterocycles. The van der Waals surface area contributed by atoms with Crippen LogP contribution in [0.2, 0.25) is 0 Å². The molecule has 0 spiro atoms. The summed E-state index contributed by atoms with van der Waals surface area (Å²) in [6.07, 6.45) is 10.9. The van der Waals surface area contributed by atoms with Gasteiger partial charge in [0.1, 0.15) is 5.82 Å². The van der Waals surface area contributed by atoms with Gasteiger partial charge in [0.15, 0.2) is 0 Å². The van der Waals surface area contributed by atoms with Crippen molar-refractivity contribution in [3.05, 3.63) is 175 Å². The number of aromatic nitrogens is 4. The molecule has 4 nitrogen and oxygen atoms in total. The molecule has 0 saturated carbocycles. The first kappa shape index (κ1) is 43.7. The fourth-order valence-corrected chi connectivity index (χ4v) is 6.79. The number of rotatable bonds is 9. The van der Waals surface area contributed by atoms with E-state index in [9.17, 15) is 0 Å². The van der Waals surface area contributed by atoms with Crippen LogP contribution in [0.15, 0.2) is 140 Å². The zero-order valence-electron chi connectivity index (χ0n) is 34.3. The molecule has 55 heavy (non-hydrogen) atoms. The average Bonchev–Trinajstić information content (AvgIpc) is 3.89. The van der Waals surface area contributed by atoms with Gasteiger partial charge in [-0.1, -0.05) is 127 Å². The third kappa shape index (κ3) is 10.7. The van der Waals surface area contributed by atoms with Gasteiger partial charge in [0.2, 0.25) is 0 Å². The van der Waals surface area contributed by atoms with Gasteiger partial charge < -0.3 is 11.0 Å². The Morgan fingerprint density at radius 3 is 1.58 bits per heavy atom. The number of hydrogen-bond acceptors (Lipinski definition) is 2. The van der Waals surface area contributed by atoms with Crippen LogP contribution in [-0.4, -0.2) is 64.6 Å². The monoisotopic (exact) mass is 800 g/mol. The summed E-state index contributed by atoms with van der Waals surface area (Å²) in [5.74, 6) is 3.20. The van der Waals surface area contributed by atoms with Crippen molar-refractivity contribution >= 4 is 45.5 Å². The van der Waals surface area contributed by atoms with Crippen LogP contribution in [0.3, 0.4) is 0 Å². The topological polar surface area (TPSA) is 35.6 Å². The van der Waals surface area contributed by atoms with Gasteiger partial charge in [0.25, 0.3) is 0 Å². The third-order valence-electron chi connectivity index (χ3n) is 9.42. The van der Waals surface area contributed by atoms with E-state index < -0.39 is 0 Å². The van der Waals surface area contributed by atoms with Crippen LogP contribution < -0.4 is 0 Å². The molecule has 0 bridgehead atoms. The maximum Gasteiger partial charge on any atom is 2.00 e. The summed E-state index contributed by atoms with van der Waals surface area (Å²) < 4.78 is 4.48. The molecule has 2 heterocycles. The molecule has 0 atom stereocenters. The Labute approximate surface area is 368 Å². The standard InChI is InChI=1S/C27H28N2.C20H21N2.C3H7.Sr/c1-19(2)24-17-23(21-11-7-5-8-12-21)18-25(20(3)4)26(24)29-16-15-28-27(29)22-13-9-6-10-14-22;1-4-16-11-8-12-18(15(2)3)19(16)22-14-13-21-20(22)17-9-6-5-7-10-17;1-3-2;/h5-20H,1-4H3;5-9,11-15H,4H2,1-3H3;3H,1-2H3;/q;2*-1;+2. The number of aryl methyl sites for hydroxylation is 1. The average molecular weight is 801 g/mol. The Kier molecular flexibility index (Phi) is 17.0. The van der Waals surface area contributed by atoms with E-state index in [0.29, 0.717) is 17.8 Å². The van der Waals surface area contributed by atoms with E-state index in [-0.39, 0.29) is 45.5 Å². The minimum atomic E-state index is 0. The van der Waals surface area contributed by atoms with Gasteiger partial charge in [-0.05, 0) is 69.7 Å². The quantitative estimate of drug-likeness (QED) is 0.108. The second-order valence-corrected chi connectivity index (χ2v) is 14.5. The van der Waals surface area contributed by atoms with Crippen molar-refractivity contribution in [2.75, 3.05) is 0 Å². The third-order valence-corrected chi connectivity index (χ3v) is 9.42. The van der Waals surface area contributed by atoms with Crippen molar-refractivity contribution in [2.45, 2.75) is 86.5 Å². The number of hydrogen-bond donors (Lipinski definition) is 0. The normalized spacial score (nSPS) is 10.8. The Balaban J connectivity index is 0.000000232. The van der Waals surface area contributed by atoms with E-state index in [2.05, 4.69) is 172 Å². The molecular weight excluding hydrogens is 744 g/mol. The molecule has 7 aromatic rings. The molecule has 0 aliphatic rings. The minimum absolute atomic E-state index is 0. The SMILES string of the molecule is CC(C)c1cc(-c2ccccc2)cc(C(C)C)c1-n1ccnc1-c1ccccc1.CCc1cccc(C(C)C)c1-n1ccnc1-c1[c-]cccc1.C[CH-]C.[Sr+2]. The molecule has 0 amide bonds. The summed E-state index contributed by atoms with van der Waals surface area (Å²) in [4.78, 5) is 9.28. The van der Waals surface area contributed by atoms with E-state index in [1.807, 2.05) is 56.9 Å². The Hall–Kier alpha value is -4.00. The maximum absolute atomic E-state index is 4.71.